The maximum absolute atomic E-state index is 12.5. The lowest BCUT2D eigenvalue weighted by Gasteiger charge is -2.32. The van der Waals surface area contributed by atoms with Crippen LogP contribution in [0.15, 0.2) is 0 Å². The summed E-state index contributed by atoms with van der Waals surface area (Å²) in [5.41, 5.74) is 0. The SMILES string of the molecule is CC(NC1COC1)C(C)(F)F. The highest BCUT2D eigenvalue weighted by atomic mass is 19.3. The van der Waals surface area contributed by atoms with E-state index in [0.29, 0.717) is 13.2 Å². The second-order valence-corrected chi connectivity index (χ2v) is 3.08. The molecule has 1 unspecified atom stereocenters. The summed E-state index contributed by atoms with van der Waals surface area (Å²) in [4.78, 5) is 0. The summed E-state index contributed by atoms with van der Waals surface area (Å²) >= 11 is 0. The average molecular weight is 165 g/mol. The molecule has 1 N–H and O–H groups in total. The highest BCUT2D eigenvalue weighted by Crippen LogP contribution is 2.18. The monoisotopic (exact) mass is 165 g/mol. The number of nitrogens with one attached hydrogen (secondary N) is 1. The third kappa shape index (κ3) is 2.38. The summed E-state index contributed by atoms with van der Waals surface area (Å²) in [5, 5.41) is 2.78. The van der Waals surface area contributed by atoms with Gasteiger partial charge in [-0.3, -0.25) is 0 Å². The average Bonchev–Trinajstić information content (AvgIpc) is 1.75. The Morgan fingerprint density at radius 1 is 1.55 bits per heavy atom. The Kier molecular flexibility index (Phi) is 2.44. The molecule has 0 bridgehead atoms. The molecule has 66 valence electrons. The molecular formula is C7H13F2NO. The van der Waals surface area contributed by atoms with Gasteiger partial charge in [-0.05, 0) is 6.92 Å². The third-order valence-electron chi connectivity index (χ3n) is 1.88. The first-order valence-electron chi connectivity index (χ1n) is 3.72. The Morgan fingerprint density at radius 2 is 2.09 bits per heavy atom. The van der Waals surface area contributed by atoms with E-state index in [9.17, 15) is 8.78 Å². The van der Waals surface area contributed by atoms with Crippen LogP contribution in [0.25, 0.3) is 0 Å². The third-order valence-corrected chi connectivity index (χ3v) is 1.88. The second-order valence-electron chi connectivity index (χ2n) is 3.08. The van der Waals surface area contributed by atoms with Crippen LogP contribution in [0.1, 0.15) is 13.8 Å². The van der Waals surface area contributed by atoms with E-state index >= 15 is 0 Å². The maximum atomic E-state index is 12.5. The van der Waals surface area contributed by atoms with E-state index in [2.05, 4.69) is 5.32 Å². The normalized spacial score (nSPS) is 22.9. The minimum absolute atomic E-state index is 0.121. The predicted molar refractivity (Wildman–Crippen MR) is 37.8 cm³/mol. The summed E-state index contributed by atoms with van der Waals surface area (Å²) in [7, 11) is 0. The van der Waals surface area contributed by atoms with Crippen LogP contribution >= 0.6 is 0 Å². The molecule has 1 saturated heterocycles. The summed E-state index contributed by atoms with van der Waals surface area (Å²) in [6, 6.07) is -0.646. The molecule has 1 aliphatic heterocycles. The lowest BCUT2D eigenvalue weighted by atomic mass is 10.1. The van der Waals surface area contributed by atoms with Crippen molar-refractivity contribution < 1.29 is 13.5 Å². The van der Waals surface area contributed by atoms with E-state index in [-0.39, 0.29) is 6.04 Å². The number of hydrogen-bond acceptors (Lipinski definition) is 2. The standard InChI is InChI=1S/C7H13F2NO/c1-5(7(2,8)9)10-6-3-11-4-6/h5-6,10H,3-4H2,1-2H3. The molecule has 0 spiro atoms. The lowest BCUT2D eigenvalue weighted by Crippen LogP contribution is -2.54. The number of rotatable bonds is 3. The van der Waals surface area contributed by atoms with Crippen LogP contribution in [0.4, 0.5) is 8.78 Å². The van der Waals surface area contributed by atoms with Crippen LogP contribution in [-0.2, 0) is 4.74 Å². The Hall–Kier alpha value is -0.220. The van der Waals surface area contributed by atoms with E-state index in [1.807, 2.05) is 0 Å². The fourth-order valence-electron chi connectivity index (χ4n) is 0.832. The van der Waals surface area contributed by atoms with Gasteiger partial charge < -0.3 is 10.1 Å². The van der Waals surface area contributed by atoms with Gasteiger partial charge in [-0.25, -0.2) is 8.78 Å². The van der Waals surface area contributed by atoms with Crippen molar-refractivity contribution in [2.24, 2.45) is 0 Å². The van der Waals surface area contributed by atoms with E-state index in [1.165, 1.54) is 6.92 Å². The summed E-state index contributed by atoms with van der Waals surface area (Å²) in [5.74, 6) is -2.64. The van der Waals surface area contributed by atoms with Crippen molar-refractivity contribution in [3.63, 3.8) is 0 Å². The molecular weight excluding hydrogens is 152 g/mol. The predicted octanol–water partition coefficient (Wildman–Crippen LogP) is 1.02. The molecule has 1 fully saturated rings. The fraction of sp³-hybridized carbons (Fsp3) is 1.00. The van der Waals surface area contributed by atoms with Crippen LogP contribution < -0.4 is 5.32 Å². The van der Waals surface area contributed by atoms with Gasteiger partial charge in [0.2, 0.25) is 0 Å². The van der Waals surface area contributed by atoms with E-state index < -0.39 is 12.0 Å². The molecule has 2 nitrogen and oxygen atoms in total. The largest absolute Gasteiger partial charge is 0.378 e. The van der Waals surface area contributed by atoms with Crippen LogP contribution in [0.3, 0.4) is 0 Å². The van der Waals surface area contributed by atoms with E-state index in [4.69, 9.17) is 4.74 Å². The van der Waals surface area contributed by atoms with Crippen molar-refractivity contribution in [2.45, 2.75) is 31.9 Å². The smallest absolute Gasteiger partial charge is 0.260 e. The molecule has 0 aliphatic carbocycles. The van der Waals surface area contributed by atoms with Crippen LogP contribution in [0.5, 0.6) is 0 Å². The van der Waals surface area contributed by atoms with Gasteiger partial charge in [0.05, 0.1) is 25.3 Å². The van der Waals surface area contributed by atoms with Gasteiger partial charge >= 0.3 is 0 Å². The molecule has 1 heterocycles. The van der Waals surface area contributed by atoms with Crippen molar-refractivity contribution in [1.82, 2.24) is 5.32 Å². The van der Waals surface area contributed by atoms with Gasteiger partial charge in [-0.15, -0.1) is 0 Å². The van der Waals surface area contributed by atoms with Crippen molar-refractivity contribution in [3.8, 4) is 0 Å². The fourth-order valence-corrected chi connectivity index (χ4v) is 0.832. The van der Waals surface area contributed by atoms with Crippen molar-refractivity contribution in [2.75, 3.05) is 13.2 Å². The second kappa shape index (κ2) is 3.03. The molecule has 1 atom stereocenters. The minimum Gasteiger partial charge on any atom is -0.378 e. The summed E-state index contributed by atoms with van der Waals surface area (Å²) < 4.78 is 29.9. The van der Waals surface area contributed by atoms with Crippen molar-refractivity contribution in [3.05, 3.63) is 0 Å². The Morgan fingerprint density at radius 3 is 2.36 bits per heavy atom. The van der Waals surface area contributed by atoms with Crippen LogP contribution in [0, 0.1) is 0 Å². The van der Waals surface area contributed by atoms with E-state index in [0.717, 1.165) is 6.92 Å². The molecule has 0 aromatic heterocycles. The molecule has 4 heteroatoms. The van der Waals surface area contributed by atoms with E-state index in [1.54, 1.807) is 0 Å². The summed E-state index contributed by atoms with van der Waals surface area (Å²) in [6.07, 6.45) is 0. The molecule has 0 radical (unpaired) electrons. The van der Waals surface area contributed by atoms with Gasteiger partial charge in [0.1, 0.15) is 0 Å². The highest BCUT2D eigenvalue weighted by molar-refractivity contribution is 4.82. The molecule has 0 aromatic carbocycles. The van der Waals surface area contributed by atoms with Gasteiger partial charge in [0.25, 0.3) is 5.92 Å². The molecule has 1 aliphatic rings. The molecule has 11 heavy (non-hydrogen) atoms. The first-order valence-corrected chi connectivity index (χ1v) is 3.72. The number of alkyl halides is 2. The zero-order valence-corrected chi connectivity index (χ0v) is 6.73. The highest BCUT2D eigenvalue weighted by Gasteiger charge is 2.33. The van der Waals surface area contributed by atoms with Crippen LogP contribution in [-0.4, -0.2) is 31.2 Å². The zero-order chi connectivity index (χ0) is 8.48. The maximum Gasteiger partial charge on any atom is 0.260 e. The Balaban J connectivity index is 2.24. The van der Waals surface area contributed by atoms with Crippen molar-refractivity contribution >= 4 is 0 Å². The van der Waals surface area contributed by atoms with Gasteiger partial charge in [-0.1, -0.05) is 0 Å². The number of ether oxygens (including phenoxy) is 1. The lowest BCUT2D eigenvalue weighted by molar-refractivity contribution is -0.0532. The topological polar surface area (TPSA) is 21.3 Å². The molecule has 1 rings (SSSR count). The first kappa shape index (κ1) is 8.87. The first-order chi connectivity index (χ1) is 5.00. The molecule has 0 aromatic rings. The molecule has 0 amide bonds. The quantitative estimate of drug-likeness (QED) is 0.674. The minimum atomic E-state index is -2.64. The van der Waals surface area contributed by atoms with Crippen molar-refractivity contribution in [1.29, 1.82) is 0 Å². The zero-order valence-electron chi connectivity index (χ0n) is 6.73. The van der Waals surface area contributed by atoms with Crippen LogP contribution in [0.2, 0.25) is 0 Å². The Labute approximate surface area is 64.9 Å². The number of halogens is 2. The Bertz CT molecular complexity index is 131. The number of hydrogen-bond donors (Lipinski definition) is 1. The van der Waals surface area contributed by atoms with Gasteiger partial charge in [0, 0.05) is 6.92 Å². The summed E-state index contributed by atoms with van der Waals surface area (Å²) in [6.45, 7) is 3.52. The van der Waals surface area contributed by atoms with Gasteiger partial charge in [-0.2, -0.15) is 0 Å². The molecule has 0 saturated carbocycles. The van der Waals surface area contributed by atoms with Gasteiger partial charge in [0.15, 0.2) is 0 Å².